The van der Waals surface area contributed by atoms with Crippen molar-refractivity contribution >= 4 is 5.91 Å². The van der Waals surface area contributed by atoms with Gasteiger partial charge in [0.25, 0.3) is 5.89 Å². The fraction of sp³-hybridized carbons (Fsp3) is 0.700. The average molecular weight is 405 g/mol. The molecule has 2 aromatic rings. The Morgan fingerprint density at radius 3 is 2.83 bits per heavy atom. The van der Waals surface area contributed by atoms with Crippen LogP contribution in [0.3, 0.4) is 0 Å². The molecule has 0 spiro atoms. The van der Waals surface area contributed by atoms with E-state index in [-0.39, 0.29) is 11.9 Å². The van der Waals surface area contributed by atoms with Crippen LogP contribution in [0.2, 0.25) is 0 Å². The number of carbonyl (C=O) groups is 1. The van der Waals surface area contributed by atoms with E-state index in [2.05, 4.69) is 34.0 Å². The molecule has 0 aliphatic carbocycles. The van der Waals surface area contributed by atoms with Crippen LogP contribution in [0, 0.1) is 13.8 Å². The molecule has 0 saturated carbocycles. The van der Waals surface area contributed by atoms with E-state index in [0.717, 1.165) is 38.2 Å². The van der Waals surface area contributed by atoms with Gasteiger partial charge in [0, 0.05) is 64.4 Å². The summed E-state index contributed by atoms with van der Waals surface area (Å²) in [5.41, 5.74) is 3.58. The molecule has 1 atom stereocenters. The van der Waals surface area contributed by atoms with Gasteiger partial charge in [-0.05, 0) is 33.2 Å². The zero-order chi connectivity index (χ0) is 21.0. The highest BCUT2D eigenvalue weighted by molar-refractivity contribution is 5.73. The van der Waals surface area contributed by atoms with Crippen molar-refractivity contribution in [2.45, 2.75) is 59.2 Å². The minimum Gasteiger partial charge on any atom is -0.375 e. The number of ether oxygens (including phenoxy) is 1. The molecule has 0 aromatic carbocycles. The van der Waals surface area contributed by atoms with Gasteiger partial charge in [0.15, 0.2) is 5.82 Å². The molecule has 29 heavy (non-hydrogen) atoms. The Morgan fingerprint density at radius 1 is 1.38 bits per heavy atom. The number of likely N-dealkylation sites (tertiary alicyclic amines) is 1. The van der Waals surface area contributed by atoms with E-state index < -0.39 is 0 Å². The Kier molecular flexibility index (Phi) is 7.02. The predicted octanol–water partition coefficient (Wildman–Crippen LogP) is 1.62. The Balaban J connectivity index is 1.61. The van der Waals surface area contributed by atoms with Gasteiger partial charge >= 0.3 is 0 Å². The second-order valence-electron chi connectivity index (χ2n) is 7.80. The molecule has 1 aliphatic rings. The second-order valence-corrected chi connectivity index (χ2v) is 7.80. The van der Waals surface area contributed by atoms with Crippen molar-refractivity contribution in [3.05, 3.63) is 28.7 Å². The SMILES string of the molecule is COCc1nc(CCN(C(C)=O)C2CCCN(Cc3c(C)nn(C)c3C)C2)no1. The quantitative estimate of drug-likeness (QED) is 0.660. The molecule has 3 heterocycles. The van der Waals surface area contributed by atoms with Crippen LogP contribution in [0.15, 0.2) is 4.52 Å². The predicted molar refractivity (Wildman–Crippen MR) is 107 cm³/mol. The molecule has 0 bridgehead atoms. The largest absolute Gasteiger partial charge is 0.375 e. The monoisotopic (exact) mass is 404 g/mol. The molecular weight excluding hydrogens is 372 g/mol. The summed E-state index contributed by atoms with van der Waals surface area (Å²) in [4.78, 5) is 21.1. The van der Waals surface area contributed by atoms with E-state index >= 15 is 0 Å². The summed E-state index contributed by atoms with van der Waals surface area (Å²) in [6.07, 6.45) is 2.67. The highest BCUT2D eigenvalue weighted by Gasteiger charge is 2.28. The number of hydrogen-bond donors (Lipinski definition) is 0. The molecule has 1 amide bonds. The maximum absolute atomic E-state index is 12.4. The number of aryl methyl sites for hydroxylation is 2. The second kappa shape index (κ2) is 9.49. The zero-order valence-electron chi connectivity index (χ0n) is 18.1. The first-order valence-electron chi connectivity index (χ1n) is 10.2. The van der Waals surface area contributed by atoms with Gasteiger partial charge in [0.05, 0.1) is 5.69 Å². The first-order valence-corrected chi connectivity index (χ1v) is 10.2. The Morgan fingerprint density at radius 2 is 2.17 bits per heavy atom. The van der Waals surface area contributed by atoms with Gasteiger partial charge in [0.2, 0.25) is 5.91 Å². The molecule has 3 rings (SSSR count). The maximum atomic E-state index is 12.4. The Bertz CT molecular complexity index is 830. The van der Waals surface area contributed by atoms with E-state index in [4.69, 9.17) is 9.26 Å². The van der Waals surface area contributed by atoms with Crippen LogP contribution in [-0.2, 0) is 36.2 Å². The van der Waals surface area contributed by atoms with Crippen molar-refractivity contribution < 1.29 is 14.1 Å². The average Bonchev–Trinajstić information content (AvgIpc) is 3.22. The van der Waals surface area contributed by atoms with Gasteiger partial charge in [-0.15, -0.1) is 0 Å². The minimum atomic E-state index is 0.0891. The van der Waals surface area contributed by atoms with Crippen molar-refractivity contribution in [1.29, 1.82) is 0 Å². The van der Waals surface area contributed by atoms with Crippen LogP contribution >= 0.6 is 0 Å². The summed E-state index contributed by atoms with van der Waals surface area (Å²) in [7, 11) is 3.57. The van der Waals surface area contributed by atoms with Gasteiger partial charge in [-0.25, -0.2) is 0 Å². The number of aromatic nitrogens is 4. The molecule has 0 radical (unpaired) electrons. The lowest BCUT2D eigenvalue weighted by Gasteiger charge is -2.39. The van der Waals surface area contributed by atoms with Crippen molar-refractivity contribution in [2.24, 2.45) is 7.05 Å². The van der Waals surface area contributed by atoms with Gasteiger partial charge in [-0.1, -0.05) is 5.16 Å². The first-order chi connectivity index (χ1) is 13.9. The first kappa shape index (κ1) is 21.4. The van der Waals surface area contributed by atoms with E-state index in [9.17, 15) is 4.79 Å². The van der Waals surface area contributed by atoms with E-state index in [1.165, 1.54) is 11.3 Å². The number of rotatable bonds is 8. The van der Waals surface area contributed by atoms with Crippen LogP contribution in [0.5, 0.6) is 0 Å². The third-order valence-electron chi connectivity index (χ3n) is 5.72. The summed E-state index contributed by atoms with van der Waals surface area (Å²) in [5.74, 6) is 1.16. The standard InChI is InChI=1S/C20H32N6O3/c1-14-18(15(2)24(4)22-14)12-25-9-6-7-17(11-25)26(16(3)27)10-8-19-21-20(13-28-5)29-23-19/h17H,6-13H2,1-5H3. The third kappa shape index (κ3) is 5.22. The molecular formula is C20H32N6O3. The van der Waals surface area contributed by atoms with Crippen molar-refractivity contribution in [1.82, 2.24) is 29.7 Å². The van der Waals surface area contributed by atoms with Crippen LogP contribution in [-0.4, -0.2) is 68.4 Å². The lowest BCUT2D eigenvalue weighted by Crippen LogP contribution is -2.50. The molecule has 9 nitrogen and oxygen atoms in total. The zero-order valence-corrected chi connectivity index (χ0v) is 18.1. The molecule has 2 aromatic heterocycles. The molecule has 1 unspecified atom stereocenters. The molecule has 1 saturated heterocycles. The highest BCUT2D eigenvalue weighted by atomic mass is 16.5. The summed E-state index contributed by atoms with van der Waals surface area (Å²) in [6.45, 7) is 9.49. The number of nitrogens with zero attached hydrogens (tertiary/aromatic N) is 6. The van der Waals surface area contributed by atoms with E-state index in [1.54, 1.807) is 14.0 Å². The van der Waals surface area contributed by atoms with E-state index in [0.29, 0.717) is 31.3 Å². The van der Waals surface area contributed by atoms with E-state index in [1.807, 2.05) is 16.6 Å². The van der Waals surface area contributed by atoms with Crippen molar-refractivity contribution in [3.8, 4) is 0 Å². The fourth-order valence-corrected chi connectivity index (χ4v) is 4.09. The van der Waals surface area contributed by atoms with Gasteiger partial charge in [0.1, 0.15) is 6.61 Å². The maximum Gasteiger partial charge on any atom is 0.252 e. The van der Waals surface area contributed by atoms with Gasteiger partial charge < -0.3 is 14.2 Å². The van der Waals surface area contributed by atoms with Crippen molar-refractivity contribution in [3.63, 3.8) is 0 Å². The highest BCUT2D eigenvalue weighted by Crippen LogP contribution is 2.21. The summed E-state index contributed by atoms with van der Waals surface area (Å²) >= 11 is 0. The lowest BCUT2D eigenvalue weighted by atomic mass is 10.0. The molecule has 160 valence electrons. The number of amides is 1. The summed E-state index contributed by atoms with van der Waals surface area (Å²) < 4.78 is 12.1. The number of methoxy groups -OCH3 is 1. The van der Waals surface area contributed by atoms with Crippen LogP contribution < -0.4 is 0 Å². The van der Waals surface area contributed by atoms with Crippen LogP contribution in [0.4, 0.5) is 0 Å². The van der Waals surface area contributed by atoms with Crippen molar-refractivity contribution in [2.75, 3.05) is 26.7 Å². The topological polar surface area (TPSA) is 89.5 Å². The minimum absolute atomic E-state index is 0.0891. The molecule has 9 heteroatoms. The summed E-state index contributed by atoms with van der Waals surface area (Å²) in [5, 5.41) is 8.51. The normalized spacial score (nSPS) is 17.6. The van der Waals surface area contributed by atoms with Crippen LogP contribution in [0.1, 0.15) is 48.4 Å². The van der Waals surface area contributed by atoms with Gasteiger partial charge in [-0.3, -0.25) is 14.4 Å². The molecule has 0 N–H and O–H groups in total. The smallest absolute Gasteiger partial charge is 0.252 e. The third-order valence-corrected chi connectivity index (χ3v) is 5.72. The Labute approximate surface area is 172 Å². The number of hydrogen-bond acceptors (Lipinski definition) is 7. The van der Waals surface area contributed by atoms with Gasteiger partial charge in [-0.2, -0.15) is 10.1 Å². The van der Waals surface area contributed by atoms with Crippen LogP contribution in [0.25, 0.3) is 0 Å². The number of piperidine rings is 1. The fourth-order valence-electron chi connectivity index (χ4n) is 4.09. The molecule has 1 aliphatic heterocycles. The lowest BCUT2D eigenvalue weighted by molar-refractivity contribution is -0.132. The molecule has 1 fully saturated rings. The summed E-state index contributed by atoms with van der Waals surface area (Å²) in [6, 6.07) is 0.198. The number of carbonyl (C=O) groups excluding carboxylic acids is 1. The Hall–Kier alpha value is -2.26.